The number of nitrogens with one attached hydrogen (secondary N) is 1. The standard InChI is InChI=1S/C10H19N3S/c1-3-11-9-10-5-7-13(12-10)6-4-8-14-2/h5,7,11H,3-4,6,8-9H2,1-2H3. The highest BCUT2D eigenvalue weighted by molar-refractivity contribution is 7.98. The minimum atomic E-state index is 0.881. The highest BCUT2D eigenvalue weighted by Crippen LogP contribution is 2.00. The van der Waals surface area contributed by atoms with Gasteiger partial charge in [-0.15, -0.1) is 0 Å². The van der Waals surface area contributed by atoms with Gasteiger partial charge in [-0.1, -0.05) is 6.92 Å². The smallest absolute Gasteiger partial charge is 0.0762 e. The van der Waals surface area contributed by atoms with Crippen molar-refractivity contribution in [3.05, 3.63) is 18.0 Å². The fourth-order valence-electron chi connectivity index (χ4n) is 1.25. The average Bonchev–Trinajstić information content (AvgIpc) is 2.63. The van der Waals surface area contributed by atoms with Crippen LogP contribution in [0, 0.1) is 0 Å². The molecule has 80 valence electrons. The molecule has 0 unspecified atom stereocenters. The van der Waals surface area contributed by atoms with E-state index in [0.717, 1.165) is 25.3 Å². The molecule has 0 aromatic carbocycles. The molecule has 3 nitrogen and oxygen atoms in total. The zero-order valence-corrected chi connectivity index (χ0v) is 9.81. The molecule has 0 radical (unpaired) electrons. The van der Waals surface area contributed by atoms with Crippen molar-refractivity contribution in [3.8, 4) is 0 Å². The maximum Gasteiger partial charge on any atom is 0.0762 e. The second-order valence-corrected chi connectivity index (χ2v) is 4.18. The Labute approximate surface area is 90.3 Å². The molecule has 0 aliphatic carbocycles. The SMILES string of the molecule is CCNCc1ccn(CCCSC)n1. The van der Waals surface area contributed by atoms with Crippen molar-refractivity contribution >= 4 is 11.8 Å². The highest BCUT2D eigenvalue weighted by atomic mass is 32.2. The van der Waals surface area contributed by atoms with Gasteiger partial charge >= 0.3 is 0 Å². The number of hydrogen-bond donors (Lipinski definition) is 1. The summed E-state index contributed by atoms with van der Waals surface area (Å²) in [6, 6.07) is 2.09. The number of hydrogen-bond acceptors (Lipinski definition) is 3. The predicted octanol–water partition coefficient (Wildman–Crippen LogP) is 1.75. The monoisotopic (exact) mass is 213 g/mol. The summed E-state index contributed by atoms with van der Waals surface area (Å²) in [6.07, 6.45) is 5.40. The van der Waals surface area contributed by atoms with Gasteiger partial charge in [0, 0.05) is 19.3 Å². The van der Waals surface area contributed by atoms with Crippen LogP contribution in [0.15, 0.2) is 12.3 Å². The first-order valence-corrected chi connectivity index (χ1v) is 6.48. The Kier molecular flexibility index (Phi) is 5.71. The van der Waals surface area contributed by atoms with Gasteiger partial charge in [0.1, 0.15) is 0 Å². The number of rotatable bonds is 7. The molecule has 0 bridgehead atoms. The molecule has 0 saturated heterocycles. The van der Waals surface area contributed by atoms with Crippen LogP contribution >= 0.6 is 11.8 Å². The molecule has 0 amide bonds. The van der Waals surface area contributed by atoms with Crippen LogP contribution in [-0.2, 0) is 13.1 Å². The molecule has 4 heteroatoms. The Balaban J connectivity index is 2.27. The lowest BCUT2D eigenvalue weighted by Gasteiger charge is -2.00. The number of nitrogens with zero attached hydrogens (tertiary/aromatic N) is 2. The highest BCUT2D eigenvalue weighted by Gasteiger charge is 1.97. The molecule has 0 aliphatic heterocycles. The Morgan fingerprint density at radius 1 is 1.57 bits per heavy atom. The van der Waals surface area contributed by atoms with E-state index in [-0.39, 0.29) is 0 Å². The first-order chi connectivity index (χ1) is 6.86. The van der Waals surface area contributed by atoms with Crippen LogP contribution in [0.2, 0.25) is 0 Å². The summed E-state index contributed by atoms with van der Waals surface area (Å²) in [5.74, 6) is 1.21. The average molecular weight is 213 g/mol. The van der Waals surface area contributed by atoms with Gasteiger partial charge in [0.2, 0.25) is 0 Å². The van der Waals surface area contributed by atoms with E-state index in [2.05, 4.69) is 35.9 Å². The van der Waals surface area contributed by atoms with Crippen molar-refractivity contribution in [1.82, 2.24) is 15.1 Å². The zero-order valence-electron chi connectivity index (χ0n) is 8.99. The van der Waals surface area contributed by atoms with Crippen molar-refractivity contribution in [2.24, 2.45) is 0 Å². The van der Waals surface area contributed by atoms with Crippen LogP contribution in [0.25, 0.3) is 0 Å². The van der Waals surface area contributed by atoms with E-state index >= 15 is 0 Å². The predicted molar refractivity (Wildman–Crippen MR) is 62.6 cm³/mol. The van der Waals surface area contributed by atoms with Gasteiger partial charge in [-0.05, 0) is 31.0 Å². The van der Waals surface area contributed by atoms with Gasteiger partial charge in [0.05, 0.1) is 5.69 Å². The molecule has 0 saturated carbocycles. The van der Waals surface area contributed by atoms with Crippen molar-refractivity contribution < 1.29 is 0 Å². The van der Waals surface area contributed by atoms with Crippen LogP contribution in [0.5, 0.6) is 0 Å². The molecule has 0 aliphatic rings. The van der Waals surface area contributed by atoms with E-state index in [1.807, 2.05) is 16.4 Å². The fourth-order valence-corrected chi connectivity index (χ4v) is 1.66. The lowest BCUT2D eigenvalue weighted by Crippen LogP contribution is -2.12. The molecule has 14 heavy (non-hydrogen) atoms. The summed E-state index contributed by atoms with van der Waals surface area (Å²) in [5, 5.41) is 7.73. The molecule has 1 rings (SSSR count). The zero-order chi connectivity index (χ0) is 10.2. The summed E-state index contributed by atoms with van der Waals surface area (Å²) in [6.45, 7) is 5.02. The van der Waals surface area contributed by atoms with E-state index in [1.54, 1.807) is 0 Å². The van der Waals surface area contributed by atoms with E-state index < -0.39 is 0 Å². The van der Waals surface area contributed by atoms with Gasteiger partial charge in [0.15, 0.2) is 0 Å². The molecule has 1 heterocycles. The summed E-state index contributed by atoms with van der Waals surface area (Å²) in [7, 11) is 0. The molecule has 0 atom stereocenters. The third-order valence-electron chi connectivity index (χ3n) is 1.99. The topological polar surface area (TPSA) is 29.9 Å². The van der Waals surface area contributed by atoms with Crippen LogP contribution in [0.1, 0.15) is 19.0 Å². The van der Waals surface area contributed by atoms with Gasteiger partial charge in [-0.2, -0.15) is 16.9 Å². The first-order valence-electron chi connectivity index (χ1n) is 5.08. The second kappa shape index (κ2) is 6.90. The Bertz CT molecular complexity index is 247. The maximum absolute atomic E-state index is 4.46. The van der Waals surface area contributed by atoms with E-state index in [4.69, 9.17) is 0 Å². The second-order valence-electron chi connectivity index (χ2n) is 3.20. The Morgan fingerprint density at radius 3 is 3.14 bits per heavy atom. The lowest BCUT2D eigenvalue weighted by atomic mass is 10.4. The van der Waals surface area contributed by atoms with Gasteiger partial charge in [-0.3, -0.25) is 4.68 Å². The van der Waals surface area contributed by atoms with Crippen LogP contribution in [-0.4, -0.2) is 28.3 Å². The summed E-state index contributed by atoms with van der Waals surface area (Å²) >= 11 is 1.89. The largest absolute Gasteiger partial charge is 0.311 e. The molecule has 0 fully saturated rings. The van der Waals surface area contributed by atoms with Crippen LogP contribution in [0.3, 0.4) is 0 Å². The molecule has 0 spiro atoms. The maximum atomic E-state index is 4.46. The molecule has 1 aromatic heterocycles. The Hall–Kier alpha value is -0.480. The minimum absolute atomic E-state index is 0.881. The van der Waals surface area contributed by atoms with Crippen molar-refractivity contribution in [3.63, 3.8) is 0 Å². The minimum Gasteiger partial charge on any atom is -0.311 e. The van der Waals surface area contributed by atoms with Crippen molar-refractivity contribution in [1.29, 1.82) is 0 Å². The van der Waals surface area contributed by atoms with Crippen LogP contribution < -0.4 is 5.32 Å². The number of thioether (sulfide) groups is 1. The third-order valence-corrected chi connectivity index (χ3v) is 2.68. The van der Waals surface area contributed by atoms with Gasteiger partial charge < -0.3 is 5.32 Å². The van der Waals surface area contributed by atoms with Crippen molar-refractivity contribution in [2.45, 2.75) is 26.4 Å². The molecular formula is C10H19N3S. The van der Waals surface area contributed by atoms with Gasteiger partial charge in [-0.25, -0.2) is 0 Å². The summed E-state index contributed by atoms with van der Waals surface area (Å²) in [5.41, 5.74) is 1.14. The Morgan fingerprint density at radius 2 is 2.43 bits per heavy atom. The number of aromatic nitrogens is 2. The first kappa shape index (κ1) is 11.6. The normalized spacial score (nSPS) is 10.7. The van der Waals surface area contributed by atoms with E-state index in [0.29, 0.717) is 0 Å². The molecule has 1 N–H and O–H groups in total. The molecule has 1 aromatic rings. The third kappa shape index (κ3) is 4.15. The van der Waals surface area contributed by atoms with E-state index in [1.165, 1.54) is 12.2 Å². The fraction of sp³-hybridized carbons (Fsp3) is 0.700. The number of aryl methyl sites for hydroxylation is 1. The lowest BCUT2D eigenvalue weighted by molar-refractivity contribution is 0.588. The van der Waals surface area contributed by atoms with Crippen LogP contribution in [0.4, 0.5) is 0 Å². The van der Waals surface area contributed by atoms with Gasteiger partial charge in [0.25, 0.3) is 0 Å². The van der Waals surface area contributed by atoms with Crippen molar-refractivity contribution in [2.75, 3.05) is 18.6 Å². The quantitative estimate of drug-likeness (QED) is 0.700. The summed E-state index contributed by atoms with van der Waals surface area (Å²) < 4.78 is 2.03. The van der Waals surface area contributed by atoms with E-state index in [9.17, 15) is 0 Å². The summed E-state index contributed by atoms with van der Waals surface area (Å²) in [4.78, 5) is 0. The molecular weight excluding hydrogens is 194 g/mol.